The van der Waals surface area contributed by atoms with Crippen molar-refractivity contribution >= 4 is 18.0 Å². The van der Waals surface area contributed by atoms with Gasteiger partial charge < -0.3 is 15.4 Å². The summed E-state index contributed by atoms with van der Waals surface area (Å²) in [5.74, 6) is -0.326. The van der Waals surface area contributed by atoms with Crippen molar-refractivity contribution in [2.24, 2.45) is 5.92 Å². The van der Waals surface area contributed by atoms with E-state index in [0.29, 0.717) is 0 Å². The van der Waals surface area contributed by atoms with Crippen molar-refractivity contribution in [1.82, 2.24) is 16.0 Å². The molecular weight excluding hydrogens is 262 g/mol. The molecule has 20 heavy (non-hydrogen) atoms. The Labute approximate surface area is 117 Å². The van der Waals surface area contributed by atoms with Crippen molar-refractivity contribution in [3.63, 3.8) is 0 Å². The number of urea groups is 1. The zero-order valence-electron chi connectivity index (χ0n) is 12.2. The maximum absolute atomic E-state index is 12.1. The predicted octanol–water partition coefficient (Wildman–Crippen LogP) is 0.888. The highest BCUT2D eigenvalue weighted by atomic mass is 16.6. The summed E-state index contributed by atoms with van der Waals surface area (Å²) in [7, 11) is 0. The number of imide groups is 1. The van der Waals surface area contributed by atoms with Crippen LogP contribution in [0.1, 0.15) is 40.5 Å². The van der Waals surface area contributed by atoms with E-state index in [-0.39, 0.29) is 11.8 Å². The van der Waals surface area contributed by atoms with Gasteiger partial charge in [-0.05, 0) is 46.5 Å². The second-order valence-corrected chi connectivity index (χ2v) is 6.42. The normalized spacial score (nSPS) is 27.6. The standard InChI is InChI=1S/C13H21N3O4/c1-7(14-11(19)20-12(2,3)4)13(8-5-6-8)9(17)15-10(18)16-13/h7-8H,5-6H2,1-4H3,(H,14,19)(H2,15,16,17,18)/t7-,13?/m0/s1. The molecule has 1 aliphatic carbocycles. The van der Waals surface area contributed by atoms with E-state index in [0.717, 1.165) is 12.8 Å². The average molecular weight is 283 g/mol. The van der Waals surface area contributed by atoms with Gasteiger partial charge in [0, 0.05) is 0 Å². The average Bonchev–Trinajstić information content (AvgIpc) is 3.02. The van der Waals surface area contributed by atoms with Gasteiger partial charge in [-0.15, -0.1) is 0 Å². The van der Waals surface area contributed by atoms with Gasteiger partial charge in [0.25, 0.3) is 5.91 Å². The summed E-state index contributed by atoms with van der Waals surface area (Å²) in [4.78, 5) is 35.4. The van der Waals surface area contributed by atoms with E-state index in [1.807, 2.05) is 0 Å². The van der Waals surface area contributed by atoms with Gasteiger partial charge in [0.2, 0.25) is 0 Å². The van der Waals surface area contributed by atoms with Gasteiger partial charge in [-0.2, -0.15) is 0 Å². The highest BCUT2D eigenvalue weighted by Crippen LogP contribution is 2.43. The Bertz CT molecular complexity index is 453. The summed E-state index contributed by atoms with van der Waals surface area (Å²) in [5.41, 5.74) is -1.67. The summed E-state index contributed by atoms with van der Waals surface area (Å²) < 4.78 is 5.18. The van der Waals surface area contributed by atoms with E-state index in [2.05, 4.69) is 16.0 Å². The van der Waals surface area contributed by atoms with Crippen LogP contribution < -0.4 is 16.0 Å². The topological polar surface area (TPSA) is 96.5 Å². The Hall–Kier alpha value is -1.79. The summed E-state index contributed by atoms with van der Waals surface area (Å²) in [6, 6.07) is -1.06. The summed E-state index contributed by atoms with van der Waals surface area (Å²) >= 11 is 0. The van der Waals surface area contributed by atoms with E-state index >= 15 is 0 Å². The van der Waals surface area contributed by atoms with Gasteiger partial charge in [-0.3, -0.25) is 10.1 Å². The maximum Gasteiger partial charge on any atom is 0.407 e. The molecule has 1 saturated heterocycles. The molecule has 2 rings (SSSR count). The molecule has 1 unspecified atom stereocenters. The second-order valence-electron chi connectivity index (χ2n) is 6.42. The molecule has 0 aromatic heterocycles. The first kappa shape index (κ1) is 14.6. The summed E-state index contributed by atoms with van der Waals surface area (Å²) in [6.07, 6.45) is 1.11. The maximum atomic E-state index is 12.1. The summed E-state index contributed by atoms with van der Waals surface area (Å²) in [6.45, 7) is 6.99. The predicted molar refractivity (Wildman–Crippen MR) is 71.0 cm³/mol. The molecule has 7 heteroatoms. The SMILES string of the molecule is C[C@H](NC(=O)OC(C)(C)C)C1(C2CC2)NC(=O)NC1=O. The Morgan fingerprint density at radius 3 is 2.40 bits per heavy atom. The number of ether oxygens (including phenoxy) is 1. The summed E-state index contributed by atoms with van der Waals surface area (Å²) in [5, 5.41) is 7.58. The van der Waals surface area contributed by atoms with Crippen molar-refractivity contribution < 1.29 is 19.1 Å². The van der Waals surface area contributed by atoms with Crippen LogP contribution in [0, 0.1) is 5.92 Å². The van der Waals surface area contributed by atoms with Gasteiger partial charge in [0.05, 0.1) is 6.04 Å². The van der Waals surface area contributed by atoms with Gasteiger partial charge in [-0.25, -0.2) is 9.59 Å². The fourth-order valence-electron chi connectivity index (χ4n) is 2.57. The largest absolute Gasteiger partial charge is 0.444 e. The molecule has 112 valence electrons. The minimum atomic E-state index is -1.06. The molecule has 2 atom stereocenters. The molecule has 0 aromatic rings. The lowest BCUT2D eigenvalue weighted by atomic mass is 9.86. The van der Waals surface area contributed by atoms with Crippen LogP contribution in [0.3, 0.4) is 0 Å². The van der Waals surface area contributed by atoms with E-state index in [9.17, 15) is 14.4 Å². The van der Waals surface area contributed by atoms with E-state index in [4.69, 9.17) is 4.74 Å². The molecule has 1 heterocycles. The van der Waals surface area contributed by atoms with Crippen LogP contribution in [0.15, 0.2) is 0 Å². The van der Waals surface area contributed by atoms with Crippen LogP contribution in [-0.2, 0) is 9.53 Å². The Morgan fingerprint density at radius 1 is 1.40 bits per heavy atom. The van der Waals surface area contributed by atoms with Crippen molar-refractivity contribution in [3.8, 4) is 0 Å². The monoisotopic (exact) mass is 283 g/mol. The third-order valence-corrected chi connectivity index (χ3v) is 3.56. The first-order valence-electron chi connectivity index (χ1n) is 6.78. The molecule has 2 fully saturated rings. The number of rotatable bonds is 3. The Balaban J connectivity index is 2.09. The molecule has 7 nitrogen and oxygen atoms in total. The van der Waals surface area contributed by atoms with Crippen LogP contribution >= 0.6 is 0 Å². The van der Waals surface area contributed by atoms with E-state index < -0.39 is 29.3 Å². The molecule has 0 bridgehead atoms. The fraction of sp³-hybridized carbons (Fsp3) is 0.769. The van der Waals surface area contributed by atoms with Crippen LogP contribution in [0.25, 0.3) is 0 Å². The highest BCUT2D eigenvalue weighted by molar-refractivity contribution is 6.08. The minimum absolute atomic E-state index is 0.0545. The van der Waals surface area contributed by atoms with Gasteiger partial charge in [0.15, 0.2) is 0 Å². The van der Waals surface area contributed by atoms with Crippen LogP contribution in [0.2, 0.25) is 0 Å². The highest BCUT2D eigenvalue weighted by Gasteiger charge is 2.59. The number of alkyl carbamates (subject to hydrolysis) is 1. The Morgan fingerprint density at radius 2 is 2.00 bits per heavy atom. The number of hydrogen-bond acceptors (Lipinski definition) is 4. The first-order valence-corrected chi connectivity index (χ1v) is 6.78. The lowest BCUT2D eigenvalue weighted by Gasteiger charge is -2.33. The van der Waals surface area contributed by atoms with Crippen molar-refractivity contribution in [2.45, 2.75) is 57.7 Å². The third kappa shape index (κ3) is 2.71. The third-order valence-electron chi connectivity index (χ3n) is 3.56. The smallest absolute Gasteiger partial charge is 0.407 e. The van der Waals surface area contributed by atoms with Crippen LogP contribution in [-0.4, -0.2) is 35.2 Å². The molecule has 0 aromatic carbocycles. The number of amides is 4. The van der Waals surface area contributed by atoms with Gasteiger partial charge in [-0.1, -0.05) is 0 Å². The quantitative estimate of drug-likeness (QED) is 0.670. The molecule has 4 amide bonds. The Kier molecular flexibility index (Phi) is 3.39. The number of nitrogens with one attached hydrogen (secondary N) is 3. The van der Waals surface area contributed by atoms with Gasteiger partial charge >= 0.3 is 12.1 Å². The lowest BCUT2D eigenvalue weighted by molar-refractivity contribution is -0.125. The minimum Gasteiger partial charge on any atom is -0.444 e. The fourth-order valence-corrected chi connectivity index (χ4v) is 2.57. The molecular formula is C13H21N3O4. The molecule has 0 spiro atoms. The molecule has 1 saturated carbocycles. The second kappa shape index (κ2) is 4.64. The zero-order chi connectivity index (χ0) is 15.1. The molecule has 2 aliphatic rings. The first-order chi connectivity index (χ1) is 9.15. The molecule has 3 N–H and O–H groups in total. The molecule has 0 radical (unpaired) electrons. The molecule has 1 aliphatic heterocycles. The van der Waals surface area contributed by atoms with E-state index in [1.54, 1.807) is 27.7 Å². The van der Waals surface area contributed by atoms with Crippen LogP contribution in [0.4, 0.5) is 9.59 Å². The van der Waals surface area contributed by atoms with Crippen LogP contribution in [0.5, 0.6) is 0 Å². The number of carbonyl (C=O) groups excluding carboxylic acids is 3. The number of hydrogen-bond donors (Lipinski definition) is 3. The zero-order valence-corrected chi connectivity index (χ0v) is 12.2. The van der Waals surface area contributed by atoms with Gasteiger partial charge in [0.1, 0.15) is 11.1 Å². The van der Waals surface area contributed by atoms with Crippen molar-refractivity contribution in [1.29, 1.82) is 0 Å². The van der Waals surface area contributed by atoms with Crippen molar-refractivity contribution in [3.05, 3.63) is 0 Å². The lowest BCUT2D eigenvalue weighted by Crippen LogP contribution is -2.63. The number of carbonyl (C=O) groups is 3. The van der Waals surface area contributed by atoms with E-state index in [1.165, 1.54) is 0 Å². The van der Waals surface area contributed by atoms with Crippen molar-refractivity contribution in [2.75, 3.05) is 0 Å².